The Bertz CT molecular complexity index is 3070. The molecule has 0 amide bonds. The fourth-order valence-electron chi connectivity index (χ4n) is 6.28. The van der Waals surface area contributed by atoms with Crippen LogP contribution in [0.25, 0.3) is 89.5 Å². The van der Waals surface area contributed by atoms with Crippen molar-refractivity contribution < 1.29 is 15.4 Å². The number of rotatable bonds is 6. The summed E-state index contributed by atoms with van der Waals surface area (Å²) in [4.78, 5) is 14.9. The zero-order chi connectivity index (χ0) is 40.4. The van der Waals surface area contributed by atoms with Gasteiger partial charge in [0.15, 0.2) is 17.5 Å². The highest BCUT2D eigenvalue weighted by Gasteiger charge is 2.20. The van der Waals surface area contributed by atoms with Gasteiger partial charge in [0, 0.05) is 33.0 Å². The van der Waals surface area contributed by atoms with E-state index in [0.29, 0.717) is 50.5 Å². The number of para-hydroxylation sites is 1. The van der Waals surface area contributed by atoms with E-state index in [9.17, 15) is 1.37 Å². The van der Waals surface area contributed by atoms with Crippen molar-refractivity contribution in [2.75, 3.05) is 0 Å². The minimum atomic E-state index is -0.570. The quantitative estimate of drug-likeness (QED) is 0.180. The van der Waals surface area contributed by atoms with Crippen LogP contribution < -0.4 is 0 Å². The molecule has 4 heteroatoms. The van der Waals surface area contributed by atoms with E-state index in [-0.39, 0.29) is 40.4 Å². The summed E-state index contributed by atoms with van der Waals surface area (Å²) in [6.07, 6.45) is 0. The lowest BCUT2D eigenvalue weighted by Crippen LogP contribution is -2.00. The van der Waals surface area contributed by atoms with Gasteiger partial charge >= 0.3 is 0 Å². The third-order valence-electron chi connectivity index (χ3n) is 8.64. The summed E-state index contributed by atoms with van der Waals surface area (Å²) >= 11 is 0. The molecule has 7 aromatic carbocycles. The summed E-state index contributed by atoms with van der Waals surface area (Å²) < 4.78 is 76.3. The summed E-state index contributed by atoms with van der Waals surface area (Å²) in [5.41, 5.74) is 5.47. The molecule has 0 bridgehead atoms. The van der Waals surface area contributed by atoms with Gasteiger partial charge in [0.1, 0.15) is 11.2 Å². The Morgan fingerprint density at radius 3 is 1.80 bits per heavy atom. The van der Waals surface area contributed by atoms with Gasteiger partial charge in [-0.3, -0.25) is 0 Å². The van der Waals surface area contributed by atoms with E-state index in [1.165, 1.54) is 6.92 Å². The van der Waals surface area contributed by atoms with E-state index in [1.54, 1.807) is 12.1 Å². The van der Waals surface area contributed by atoms with Crippen LogP contribution in [0, 0.1) is 6.92 Å². The zero-order valence-corrected chi connectivity index (χ0v) is 26.8. The molecule has 4 nitrogen and oxygen atoms in total. The van der Waals surface area contributed by atoms with Gasteiger partial charge in [-0.05, 0) is 40.8 Å². The van der Waals surface area contributed by atoms with Crippen LogP contribution in [0.1, 0.15) is 16.5 Å². The molecule has 50 heavy (non-hydrogen) atoms. The van der Waals surface area contributed by atoms with Crippen LogP contribution in [-0.4, -0.2) is 15.0 Å². The predicted octanol–water partition coefficient (Wildman–Crippen LogP) is 12.1. The molecule has 0 aliphatic heterocycles. The van der Waals surface area contributed by atoms with Gasteiger partial charge < -0.3 is 4.42 Å². The molecule has 0 aliphatic rings. The third-order valence-corrected chi connectivity index (χ3v) is 8.64. The molecule has 0 N–H and O–H groups in total. The molecule has 0 unspecified atom stereocenters. The molecule has 0 saturated carbocycles. The molecule has 0 radical (unpaired) electrons. The number of fused-ring (bicyclic) bond motifs is 3. The summed E-state index contributed by atoms with van der Waals surface area (Å²) in [6, 6.07) is 35.3. The van der Waals surface area contributed by atoms with Crippen molar-refractivity contribution >= 4 is 21.9 Å². The van der Waals surface area contributed by atoms with Crippen LogP contribution in [-0.2, 0) is 0 Å². The van der Waals surface area contributed by atoms with Gasteiger partial charge in [-0.15, -0.1) is 0 Å². The highest BCUT2D eigenvalue weighted by molar-refractivity contribution is 6.15. The summed E-state index contributed by atoms with van der Waals surface area (Å²) in [5.74, 6) is 1.35. The number of benzene rings is 7. The Hall–Kier alpha value is -6.65. The Labute approximate surface area is 301 Å². The van der Waals surface area contributed by atoms with Crippen molar-refractivity contribution in [3.05, 3.63) is 175 Å². The summed E-state index contributed by atoms with van der Waals surface area (Å²) in [7, 11) is 0. The fraction of sp³-hybridized carbons (Fsp3) is 0.0217. The van der Waals surface area contributed by atoms with E-state index in [2.05, 4.69) is 12.1 Å². The van der Waals surface area contributed by atoms with Gasteiger partial charge in [0.05, 0.1) is 11.0 Å². The second kappa shape index (κ2) is 12.4. The zero-order valence-electron chi connectivity index (χ0n) is 34.8. The molecule has 0 spiro atoms. The number of furan rings is 1. The highest BCUT2D eigenvalue weighted by atomic mass is 16.3. The van der Waals surface area contributed by atoms with Crippen molar-refractivity contribution in [1.82, 2.24) is 15.0 Å². The van der Waals surface area contributed by atoms with Crippen LogP contribution in [0.15, 0.2) is 174 Å². The van der Waals surface area contributed by atoms with Crippen LogP contribution in [0.5, 0.6) is 0 Å². The fourth-order valence-corrected chi connectivity index (χ4v) is 6.28. The largest absolute Gasteiger partial charge is 0.455 e. The van der Waals surface area contributed by atoms with Crippen molar-refractivity contribution in [3.8, 4) is 67.5 Å². The average Bonchev–Trinajstić information content (AvgIpc) is 3.66. The molecule has 9 aromatic rings. The molecule has 0 atom stereocenters. The standard InChI is InChI=1S/C46H31N3O/c1-30-23-28-36(40(29-30)33-15-7-3-8-16-33)37-19-11-20-38-42-39(21-12-22-41(42)50-43(37)38)46-48-44(34-17-9-4-10-18-34)47-45(49-46)35-26-24-32(25-27-35)31-13-5-2-6-14-31/h2-29H,1H3/i3D,7D,8D,15D,16D,23D,28D,29D. The van der Waals surface area contributed by atoms with E-state index < -0.39 is 30.2 Å². The first-order chi connectivity index (χ1) is 28.0. The average molecular weight is 650 g/mol. The lowest BCUT2D eigenvalue weighted by atomic mass is 9.92. The van der Waals surface area contributed by atoms with Crippen LogP contribution in [0.3, 0.4) is 0 Å². The second-order valence-corrected chi connectivity index (χ2v) is 11.8. The van der Waals surface area contributed by atoms with Gasteiger partial charge in [-0.1, -0.05) is 169 Å². The van der Waals surface area contributed by atoms with E-state index in [1.807, 2.05) is 97.1 Å². The number of aromatic nitrogens is 3. The second-order valence-electron chi connectivity index (χ2n) is 11.8. The maximum atomic E-state index is 9.22. The van der Waals surface area contributed by atoms with Gasteiger partial charge in [-0.25, -0.2) is 15.0 Å². The van der Waals surface area contributed by atoms with E-state index in [4.69, 9.17) is 29.0 Å². The molecule has 2 heterocycles. The topological polar surface area (TPSA) is 51.8 Å². The Morgan fingerprint density at radius 2 is 1.06 bits per heavy atom. The van der Waals surface area contributed by atoms with Crippen molar-refractivity contribution in [3.63, 3.8) is 0 Å². The van der Waals surface area contributed by atoms with Crippen molar-refractivity contribution in [2.45, 2.75) is 6.92 Å². The Balaban J connectivity index is 1.28. The van der Waals surface area contributed by atoms with Crippen LogP contribution in [0.2, 0.25) is 0 Å². The Morgan fingerprint density at radius 1 is 0.460 bits per heavy atom. The van der Waals surface area contributed by atoms with Gasteiger partial charge in [0.25, 0.3) is 0 Å². The first-order valence-electron chi connectivity index (χ1n) is 20.1. The highest BCUT2D eigenvalue weighted by Crippen LogP contribution is 2.43. The van der Waals surface area contributed by atoms with Crippen molar-refractivity contribution in [1.29, 1.82) is 0 Å². The lowest BCUT2D eigenvalue weighted by Gasteiger charge is -2.12. The number of nitrogens with zero attached hydrogens (tertiary/aromatic N) is 3. The minimum Gasteiger partial charge on any atom is -0.455 e. The number of hydrogen-bond acceptors (Lipinski definition) is 4. The molecular weight excluding hydrogens is 611 g/mol. The van der Waals surface area contributed by atoms with Gasteiger partial charge in [0.2, 0.25) is 0 Å². The third kappa shape index (κ3) is 5.33. The molecule has 0 saturated heterocycles. The Kier molecular flexibility index (Phi) is 5.48. The summed E-state index contributed by atoms with van der Waals surface area (Å²) in [5, 5.41) is 1.30. The molecule has 236 valence electrons. The molecule has 9 rings (SSSR count). The maximum absolute atomic E-state index is 9.22. The molecule has 2 aromatic heterocycles. The SMILES string of the molecule is [2H]c1c([2H])c([2H])c(-c2c([2H])c(C)c([2H])c([2H])c2-c2cccc3c2oc2cccc(-c4nc(-c5ccccc5)nc(-c5ccc(-c6ccccc6)cc5)n4)c23)c([2H])c1[2H]. The first-order valence-corrected chi connectivity index (χ1v) is 16.1. The monoisotopic (exact) mass is 649 g/mol. The normalized spacial score (nSPS) is 13.5. The summed E-state index contributed by atoms with van der Waals surface area (Å²) in [6.45, 7) is 1.52. The predicted molar refractivity (Wildman–Crippen MR) is 204 cm³/mol. The smallest absolute Gasteiger partial charge is 0.164 e. The van der Waals surface area contributed by atoms with Crippen LogP contribution in [0.4, 0.5) is 0 Å². The molecule has 0 fully saturated rings. The van der Waals surface area contributed by atoms with Gasteiger partial charge in [-0.2, -0.15) is 0 Å². The van der Waals surface area contributed by atoms with E-state index >= 15 is 0 Å². The molecular formula is C46H31N3O. The van der Waals surface area contributed by atoms with Crippen LogP contribution >= 0.6 is 0 Å². The van der Waals surface area contributed by atoms with Crippen molar-refractivity contribution in [2.24, 2.45) is 0 Å². The van der Waals surface area contributed by atoms with E-state index in [0.717, 1.165) is 22.3 Å². The maximum Gasteiger partial charge on any atom is 0.164 e. The minimum absolute atomic E-state index is 0.0448. The number of hydrogen-bond donors (Lipinski definition) is 0. The first kappa shape index (κ1) is 22.1. The molecule has 0 aliphatic carbocycles. The lowest BCUT2D eigenvalue weighted by molar-refractivity contribution is 0.670.